The Kier molecular flexibility index (Phi) is 5.02. The lowest BCUT2D eigenvalue weighted by atomic mass is 9.42. The van der Waals surface area contributed by atoms with Crippen molar-refractivity contribution < 1.29 is 53.8 Å². The van der Waals surface area contributed by atoms with E-state index in [9.17, 15) is 39.6 Å². The van der Waals surface area contributed by atoms with Crippen LogP contribution in [0.5, 0.6) is 0 Å². The van der Waals surface area contributed by atoms with Gasteiger partial charge in [-0.25, -0.2) is 14.4 Å². The first-order chi connectivity index (χ1) is 21.5. The van der Waals surface area contributed by atoms with Crippen LogP contribution in [0, 0.1) is 46.3 Å². The van der Waals surface area contributed by atoms with Crippen LogP contribution in [0.2, 0.25) is 0 Å². The first-order valence-electron chi connectivity index (χ1n) is 16.3. The molecule has 0 aromatic carbocycles. The molecule has 2 heterocycles. The summed E-state index contributed by atoms with van der Waals surface area (Å²) in [6, 6.07) is 0. The Morgan fingerprint density at radius 3 is 2.35 bits per heavy atom. The molecule has 46 heavy (non-hydrogen) atoms. The number of allylic oxidation sites excluding steroid dienone is 1. The lowest BCUT2D eigenvalue weighted by Gasteiger charge is -2.63. The third kappa shape index (κ3) is 2.68. The predicted octanol–water partition coefficient (Wildman–Crippen LogP) is 1.34. The molecule has 2 aliphatic heterocycles. The molecule has 5 fully saturated rings. The van der Waals surface area contributed by atoms with Crippen LogP contribution < -0.4 is 0 Å². The topological polar surface area (TPSA) is 177 Å². The van der Waals surface area contributed by atoms with Gasteiger partial charge >= 0.3 is 17.9 Å². The third-order valence-corrected chi connectivity index (χ3v) is 14.4. The molecule has 0 saturated heterocycles. The van der Waals surface area contributed by atoms with Crippen LogP contribution in [-0.4, -0.2) is 79.9 Å². The van der Waals surface area contributed by atoms with Crippen LogP contribution in [0.4, 0.5) is 0 Å². The van der Waals surface area contributed by atoms with E-state index >= 15 is 0 Å². The highest BCUT2D eigenvalue weighted by molar-refractivity contribution is 6.10. The second-order valence-corrected chi connectivity index (χ2v) is 15.8. The number of ether oxygens (including phenoxy) is 3. The van der Waals surface area contributed by atoms with Crippen molar-refractivity contribution in [2.75, 3.05) is 13.2 Å². The predicted molar refractivity (Wildman–Crippen MR) is 155 cm³/mol. The molecule has 11 nitrogen and oxygen atoms in total. The molecule has 1 spiro atoms. The quantitative estimate of drug-likeness (QED) is 0.199. The Labute approximate surface area is 265 Å². The normalized spacial score (nSPS) is 51.9. The van der Waals surface area contributed by atoms with Gasteiger partial charge in [0.25, 0.3) is 5.79 Å². The van der Waals surface area contributed by atoms with Gasteiger partial charge in [-0.1, -0.05) is 13.0 Å². The maximum atomic E-state index is 14.3. The van der Waals surface area contributed by atoms with Gasteiger partial charge in [-0.2, -0.15) is 0 Å². The van der Waals surface area contributed by atoms with Crippen molar-refractivity contribution in [3.63, 3.8) is 0 Å². The van der Waals surface area contributed by atoms with Gasteiger partial charge in [-0.05, 0) is 93.6 Å². The number of hydrogen-bond donors (Lipinski definition) is 4. The van der Waals surface area contributed by atoms with E-state index in [1.807, 2.05) is 6.92 Å². The zero-order valence-electron chi connectivity index (χ0n) is 26.4. The van der Waals surface area contributed by atoms with Crippen molar-refractivity contribution in [3.8, 4) is 0 Å². The molecule has 0 aromatic rings. The van der Waals surface area contributed by atoms with Crippen molar-refractivity contribution in [2.24, 2.45) is 46.3 Å². The lowest BCUT2D eigenvalue weighted by Crippen LogP contribution is -2.68. The highest BCUT2D eigenvalue weighted by Crippen LogP contribution is 2.84. The summed E-state index contributed by atoms with van der Waals surface area (Å²) in [5, 5.41) is 48.0. The third-order valence-electron chi connectivity index (χ3n) is 14.4. The summed E-state index contributed by atoms with van der Waals surface area (Å²) in [7, 11) is 0. The zero-order valence-corrected chi connectivity index (χ0v) is 26.4. The van der Waals surface area contributed by atoms with E-state index in [1.54, 1.807) is 26.8 Å². The summed E-state index contributed by atoms with van der Waals surface area (Å²) < 4.78 is 17.6. The van der Waals surface area contributed by atoms with Gasteiger partial charge in [-0.3, -0.25) is 4.79 Å². The molecular weight excluding hydrogens is 596 g/mol. The van der Waals surface area contributed by atoms with Crippen molar-refractivity contribution >= 4 is 23.7 Å². The molecule has 0 amide bonds. The molecule has 0 radical (unpaired) electrons. The van der Waals surface area contributed by atoms with Gasteiger partial charge < -0.3 is 34.6 Å². The molecule has 5 saturated carbocycles. The SMILES string of the molecule is C/C=C(/C)C(=O)OC[C@]1(O)[C@H]2C[C@H]2[C@]2(C)[C@@H]3C[C@@]4(O)C5=C(C6=C(C)C(=O)O[C@]6(O)C(=O)[C@@]5(C)[C@@H]5C[C@@H]54)[C@@]34OC(=O)C(CO)=C4C[C@@H]12. The van der Waals surface area contributed by atoms with E-state index in [2.05, 4.69) is 0 Å². The molecule has 244 valence electrons. The van der Waals surface area contributed by atoms with Gasteiger partial charge in [0, 0.05) is 34.1 Å². The van der Waals surface area contributed by atoms with Gasteiger partial charge in [0.1, 0.15) is 12.2 Å². The standard InChI is InChI=1S/C35H38O11/c1-6-13(2)26(37)44-12-33(42)20-7-17(20)30(4)21(33)9-16-15(11-36)28(39)45-34(16)22(30)10-32(41)19-8-18(19)31(5)25(32)24(34)23-14(3)27(38)46-35(23,43)29(31)40/h6,17-22,36,41-43H,7-12H2,1-5H3/b13-6-/t17-,18-,19+,20+,21-,22+,30+,31+,32+,33+,34+,35+/m1/s1. The summed E-state index contributed by atoms with van der Waals surface area (Å²) in [4.78, 5) is 54.0. The van der Waals surface area contributed by atoms with Gasteiger partial charge in [0.05, 0.1) is 23.2 Å². The van der Waals surface area contributed by atoms with Crippen LogP contribution in [0.1, 0.15) is 60.3 Å². The zero-order chi connectivity index (χ0) is 32.9. The number of aliphatic hydroxyl groups is 4. The van der Waals surface area contributed by atoms with Crippen molar-refractivity contribution in [1.82, 2.24) is 0 Å². The van der Waals surface area contributed by atoms with Gasteiger partial charge in [-0.15, -0.1) is 0 Å². The smallest absolute Gasteiger partial charge is 0.337 e. The summed E-state index contributed by atoms with van der Waals surface area (Å²) in [5.41, 5.74) is -5.37. The number of hydrogen-bond acceptors (Lipinski definition) is 11. The average molecular weight is 635 g/mol. The van der Waals surface area contributed by atoms with Gasteiger partial charge in [0.15, 0.2) is 5.60 Å². The van der Waals surface area contributed by atoms with Crippen LogP contribution in [0.25, 0.3) is 0 Å². The maximum Gasteiger partial charge on any atom is 0.337 e. The summed E-state index contributed by atoms with van der Waals surface area (Å²) in [6.45, 7) is 7.64. The van der Waals surface area contributed by atoms with E-state index in [4.69, 9.17) is 14.2 Å². The number of fused-ring (bicyclic) bond motifs is 9. The number of aliphatic hydroxyl groups excluding tert-OH is 1. The molecule has 12 atom stereocenters. The number of Topliss-reactive ketones (excluding diaryl/α,β-unsaturated/α-hetero) is 1. The number of carbonyl (C=O) groups excluding carboxylic acids is 4. The molecule has 7 aliphatic carbocycles. The average Bonchev–Trinajstić information content (AvgIpc) is 3.91. The van der Waals surface area contributed by atoms with Crippen molar-refractivity contribution in [3.05, 3.63) is 45.1 Å². The monoisotopic (exact) mass is 634 g/mol. The Bertz CT molecular complexity index is 1780. The molecule has 9 rings (SSSR count). The van der Waals surface area contributed by atoms with Crippen LogP contribution in [-0.2, 0) is 33.4 Å². The fourth-order valence-electron chi connectivity index (χ4n) is 12.2. The molecule has 0 aromatic heterocycles. The molecule has 4 N–H and O–H groups in total. The molecule has 0 bridgehead atoms. The molecule has 0 unspecified atom stereocenters. The van der Waals surface area contributed by atoms with Crippen LogP contribution in [0.15, 0.2) is 45.1 Å². The molecule has 11 heteroatoms. The van der Waals surface area contributed by atoms with E-state index in [0.29, 0.717) is 29.6 Å². The minimum absolute atomic E-state index is 0.00282. The number of ketones is 1. The van der Waals surface area contributed by atoms with E-state index in [1.165, 1.54) is 6.92 Å². The summed E-state index contributed by atoms with van der Waals surface area (Å²) >= 11 is 0. The second kappa shape index (κ2) is 7.94. The van der Waals surface area contributed by atoms with Crippen molar-refractivity contribution in [2.45, 2.75) is 82.9 Å². The number of carbonyl (C=O) groups is 4. The largest absolute Gasteiger partial charge is 0.459 e. The first-order valence-corrected chi connectivity index (χ1v) is 16.3. The van der Waals surface area contributed by atoms with E-state index < -0.39 is 75.6 Å². The van der Waals surface area contributed by atoms with E-state index in [0.717, 1.165) is 0 Å². The fraction of sp³-hybridized carbons (Fsp3) is 0.657. The Morgan fingerprint density at radius 1 is 0.978 bits per heavy atom. The van der Waals surface area contributed by atoms with Crippen LogP contribution >= 0.6 is 0 Å². The Hall–Kier alpha value is -3.12. The lowest BCUT2D eigenvalue weighted by molar-refractivity contribution is -0.202. The minimum Gasteiger partial charge on any atom is -0.459 e. The fourth-order valence-corrected chi connectivity index (χ4v) is 12.2. The van der Waals surface area contributed by atoms with Gasteiger partial charge in [0.2, 0.25) is 5.78 Å². The summed E-state index contributed by atoms with van der Waals surface area (Å²) in [6.07, 6.45) is 3.03. The maximum absolute atomic E-state index is 14.3. The number of esters is 3. The minimum atomic E-state index is -2.63. The second-order valence-electron chi connectivity index (χ2n) is 15.8. The molecule has 9 aliphatic rings. The van der Waals surface area contributed by atoms with Crippen LogP contribution in [0.3, 0.4) is 0 Å². The Morgan fingerprint density at radius 2 is 1.67 bits per heavy atom. The number of rotatable bonds is 4. The summed E-state index contributed by atoms with van der Waals surface area (Å²) in [5.74, 6) is -7.61. The Balaban J connectivity index is 1.31. The van der Waals surface area contributed by atoms with E-state index in [-0.39, 0.29) is 65.4 Å². The molecular formula is C35H38O11. The first kappa shape index (κ1) is 29.1. The van der Waals surface area contributed by atoms with Crippen molar-refractivity contribution in [1.29, 1.82) is 0 Å². The highest BCUT2D eigenvalue weighted by Gasteiger charge is 2.87. The highest BCUT2D eigenvalue weighted by atomic mass is 16.7.